The van der Waals surface area contributed by atoms with Crippen molar-refractivity contribution >= 4 is 12.2 Å². The van der Waals surface area contributed by atoms with Gasteiger partial charge in [-0.05, 0) is 59.4 Å². The predicted molar refractivity (Wildman–Crippen MR) is 186 cm³/mol. The Kier molecular flexibility index (Phi) is 21.7. The van der Waals surface area contributed by atoms with Gasteiger partial charge in [0.25, 0.3) is 0 Å². The second-order valence-electron chi connectivity index (χ2n) is 10.6. The van der Waals surface area contributed by atoms with E-state index in [0.29, 0.717) is 92.5 Å². The number of ether oxygens (including phenoxy) is 8. The van der Waals surface area contributed by atoms with Gasteiger partial charge in [-0.3, -0.25) is 0 Å². The molecular weight excluding hydrogens is 616 g/mol. The van der Waals surface area contributed by atoms with Crippen molar-refractivity contribution in [1.29, 1.82) is 0 Å². The molecule has 0 heterocycles. The van der Waals surface area contributed by atoms with Crippen molar-refractivity contribution in [2.24, 2.45) is 0 Å². The Morgan fingerprint density at radius 3 is 1.02 bits per heavy atom. The Labute approximate surface area is 285 Å². The largest absolute Gasteiger partial charge is 0.491 e. The summed E-state index contributed by atoms with van der Waals surface area (Å²) in [6.07, 6.45) is 6.14. The second-order valence-corrected chi connectivity index (χ2v) is 10.6. The van der Waals surface area contributed by atoms with Crippen LogP contribution in [-0.2, 0) is 41.3 Å². The topological polar surface area (TPSA) is 114 Å². The van der Waals surface area contributed by atoms with Gasteiger partial charge in [0.05, 0.1) is 92.5 Å². The summed E-state index contributed by atoms with van der Waals surface area (Å²) in [7, 11) is 0. The molecule has 0 aliphatic heterocycles. The molecule has 0 atom stereocenters. The molecule has 0 bridgehead atoms. The van der Waals surface area contributed by atoms with E-state index in [1.165, 1.54) is 11.1 Å². The summed E-state index contributed by atoms with van der Waals surface area (Å²) in [6, 6.07) is 24.9. The molecule has 3 rings (SSSR count). The van der Waals surface area contributed by atoms with E-state index >= 15 is 0 Å². The highest BCUT2D eigenvalue weighted by atomic mass is 16.6. The van der Waals surface area contributed by atoms with Gasteiger partial charge in [0.15, 0.2) is 0 Å². The van der Waals surface area contributed by atoms with Gasteiger partial charge in [-0.2, -0.15) is 0 Å². The summed E-state index contributed by atoms with van der Waals surface area (Å²) in [5.41, 5.74) is 4.82. The molecule has 0 radical (unpaired) electrons. The minimum atomic E-state index is 0.0253. The fourth-order valence-electron chi connectivity index (χ4n) is 4.35. The van der Waals surface area contributed by atoms with Crippen LogP contribution in [0.4, 0.5) is 0 Å². The lowest BCUT2D eigenvalue weighted by Gasteiger charge is -2.09. The zero-order valence-corrected chi connectivity index (χ0v) is 28.0. The average Bonchev–Trinajstić information content (AvgIpc) is 3.12. The monoisotopic (exact) mass is 668 g/mol. The molecule has 0 saturated heterocycles. The smallest absolute Gasteiger partial charge is 0.119 e. The summed E-state index contributed by atoms with van der Waals surface area (Å²) >= 11 is 0. The molecular formula is C38H52O10. The lowest BCUT2D eigenvalue weighted by molar-refractivity contribution is 0.00361. The summed E-state index contributed by atoms with van der Waals surface area (Å²) in [5, 5.41) is 17.3. The lowest BCUT2D eigenvalue weighted by Crippen LogP contribution is -2.13. The third-order valence-corrected chi connectivity index (χ3v) is 6.91. The van der Waals surface area contributed by atoms with Crippen LogP contribution in [0.2, 0.25) is 0 Å². The third-order valence-electron chi connectivity index (χ3n) is 6.91. The van der Waals surface area contributed by atoms with E-state index in [1.54, 1.807) is 0 Å². The molecule has 2 N–H and O–H groups in total. The van der Waals surface area contributed by atoms with E-state index in [-0.39, 0.29) is 13.2 Å². The van der Waals surface area contributed by atoms with Crippen molar-refractivity contribution in [3.8, 4) is 11.5 Å². The van der Waals surface area contributed by atoms with Crippen LogP contribution in [0.5, 0.6) is 11.5 Å². The van der Waals surface area contributed by atoms with Crippen LogP contribution in [0, 0.1) is 0 Å². The summed E-state index contributed by atoms with van der Waals surface area (Å²) in [6.45, 7) is 6.60. The second kappa shape index (κ2) is 26.6. The first-order valence-electron chi connectivity index (χ1n) is 16.7. The van der Waals surface area contributed by atoms with Gasteiger partial charge in [0.2, 0.25) is 0 Å². The number of hydrogen-bond acceptors (Lipinski definition) is 10. The number of hydrogen-bond donors (Lipinski definition) is 2. The molecule has 0 spiro atoms. The van der Waals surface area contributed by atoms with Crippen molar-refractivity contribution in [3.05, 3.63) is 95.1 Å². The molecule has 0 fully saturated rings. The Hall–Kier alpha value is -3.32. The molecule has 10 heteroatoms. The summed E-state index contributed by atoms with van der Waals surface area (Å²) < 4.78 is 43.6. The predicted octanol–water partition coefficient (Wildman–Crippen LogP) is 4.48. The first-order chi connectivity index (χ1) is 23.8. The third kappa shape index (κ3) is 18.9. The van der Waals surface area contributed by atoms with Crippen molar-refractivity contribution in [2.75, 3.05) is 106 Å². The standard InChI is InChI=1S/C38H52O10/c39-17-19-41-21-23-43-25-27-45-29-31-47-37-13-9-35(10-14-37)7-5-33-1-2-34(4-3-33)6-8-36-11-15-38(16-12-36)48-32-30-46-28-26-44-24-22-42-20-18-40/h1-5,7,9-16,39-40H,6,8,17-32H2/b7-5+. The van der Waals surface area contributed by atoms with Gasteiger partial charge in [0.1, 0.15) is 24.7 Å². The van der Waals surface area contributed by atoms with Crippen molar-refractivity contribution < 1.29 is 48.1 Å². The minimum absolute atomic E-state index is 0.0253. The van der Waals surface area contributed by atoms with Gasteiger partial charge in [0, 0.05) is 0 Å². The van der Waals surface area contributed by atoms with Gasteiger partial charge >= 0.3 is 0 Å². The highest BCUT2D eigenvalue weighted by Gasteiger charge is 2.00. The maximum Gasteiger partial charge on any atom is 0.119 e. The molecule has 10 nitrogen and oxygen atoms in total. The SMILES string of the molecule is OCCOCCOCCOCCOc1ccc(/C=C/c2ccc(CCc3ccc(OCCOCCOCCOCCO)cc3)cc2)cc1. The van der Waals surface area contributed by atoms with E-state index in [1.807, 2.05) is 36.4 Å². The maximum atomic E-state index is 8.64. The Balaban J connectivity index is 1.23. The highest BCUT2D eigenvalue weighted by Crippen LogP contribution is 2.17. The van der Waals surface area contributed by atoms with Crippen LogP contribution < -0.4 is 9.47 Å². The van der Waals surface area contributed by atoms with Gasteiger partial charge in [-0.25, -0.2) is 0 Å². The van der Waals surface area contributed by atoms with E-state index in [0.717, 1.165) is 35.5 Å². The first-order valence-corrected chi connectivity index (χ1v) is 16.7. The van der Waals surface area contributed by atoms with E-state index < -0.39 is 0 Å². The molecule has 48 heavy (non-hydrogen) atoms. The highest BCUT2D eigenvalue weighted by molar-refractivity contribution is 5.69. The van der Waals surface area contributed by atoms with Crippen LogP contribution >= 0.6 is 0 Å². The number of rotatable bonds is 29. The van der Waals surface area contributed by atoms with Crippen molar-refractivity contribution in [3.63, 3.8) is 0 Å². The molecule has 0 aliphatic carbocycles. The fraction of sp³-hybridized carbons (Fsp3) is 0.474. The van der Waals surface area contributed by atoms with Crippen LogP contribution in [0.3, 0.4) is 0 Å². The average molecular weight is 669 g/mol. The fourth-order valence-corrected chi connectivity index (χ4v) is 4.35. The minimum Gasteiger partial charge on any atom is -0.491 e. The van der Waals surface area contributed by atoms with Gasteiger partial charge < -0.3 is 48.1 Å². The maximum absolute atomic E-state index is 8.64. The molecule has 3 aromatic rings. The van der Waals surface area contributed by atoms with Crippen LogP contribution in [0.1, 0.15) is 22.3 Å². The molecule has 0 aromatic heterocycles. The Bertz CT molecular complexity index is 1200. The van der Waals surface area contributed by atoms with Crippen LogP contribution in [-0.4, -0.2) is 116 Å². The van der Waals surface area contributed by atoms with Gasteiger partial charge in [-0.15, -0.1) is 0 Å². The quantitative estimate of drug-likeness (QED) is 0.0811. The summed E-state index contributed by atoms with van der Waals surface area (Å²) in [4.78, 5) is 0. The normalized spacial score (nSPS) is 11.4. The van der Waals surface area contributed by atoms with Gasteiger partial charge in [-0.1, -0.05) is 60.7 Å². The number of benzene rings is 3. The zero-order chi connectivity index (χ0) is 33.7. The lowest BCUT2D eigenvalue weighted by atomic mass is 10.0. The van der Waals surface area contributed by atoms with E-state index in [9.17, 15) is 0 Å². The number of aliphatic hydroxyl groups is 2. The van der Waals surface area contributed by atoms with Crippen LogP contribution in [0.25, 0.3) is 12.2 Å². The summed E-state index contributed by atoms with van der Waals surface area (Å²) in [5.74, 6) is 1.64. The molecule has 0 saturated carbocycles. The molecule has 264 valence electrons. The zero-order valence-electron chi connectivity index (χ0n) is 28.0. The van der Waals surface area contributed by atoms with E-state index in [2.05, 4.69) is 48.6 Å². The van der Waals surface area contributed by atoms with Crippen LogP contribution in [0.15, 0.2) is 72.8 Å². The van der Waals surface area contributed by atoms with Crippen molar-refractivity contribution in [1.82, 2.24) is 0 Å². The van der Waals surface area contributed by atoms with E-state index in [4.69, 9.17) is 48.1 Å². The van der Waals surface area contributed by atoms with Crippen molar-refractivity contribution in [2.45, 2.75) is 12.8 Å². The molecule has 3 aromatic carbocycles. The first kappa shape index (κ1) is 39.1. The molecule has 0 unspecified atom stereocenters. The number of aryl methyl sites for hydroxylation is 2. The number of aliphatic hydroxyl groups excluding tert-OH is 2. The molecule has 0 aliphatic rings. The Morgan fingerprint density at radius 1 is 0.354 bits per heavy atom. The molecule has 0 amide bonds. The Morgan fingerprint density at radius 2 is 0.646 bits per heavy atom.